The van der Waals surface area contributed by atoms with Crippen LogP contribution in [0.25, 0.3) is 0 Å². The molecule has 2 N–H and O–H groups in total. The van der Waals surface area contributed by atoms with E-state index >= 15 is 0 Å². The van der Waals surface area contributed by atoms with E-state index in [9.17, 15) is 14.0 Å². The minimum Gasteiger partial charge on any atom is -0.352 e. The van der Waals surface area contributed by atoms with Crippen molar-refractivity contribution in [3.8, 4) is 6.07 Å². The average Bonchev–Trinajstić information content (AvgIpc) is 2.95. The number of likely N-dealkylation sites (tertiary alicyclic amines) is 1. The van der Waals surface area contributed by atoms with Crippen molar-refractivity contribution < 1.29 is 14.0 Å². The molecular weight excluding hydrogens is 491 g/mol. The Kier molecular flexibility index (Phi) is 9.11. The molecule has 7 heteroatoms. The fraction of sp³-hybridized carbons (Fsp3) is 0.344. The van der Waals surface area contributed by atoms with Gasteiger partial charge in [0, 0.05) is 30.6 Å². The van der Waals surface area contributed by atoms with Crippen LogP contribution in [0.15, 0.2) is 72.8 Å². The van der Waals surface area contributed by atoms with Crippen LogP contribution < -0.4 is 10.6 Å². The fourth-order valence-electron chi connectivity index (χ4n) is 5.06. The van der Waals surface area contributed by atoms with Gasteiger partial charge in [-0.15, -0.1) is 0 Å². The zero-order chi connectivity index (χ0) is 27.8. The molecule has 3 aromatic rings. The van der Waals surface area contributed by atoms with Crippen LogP contribution in [0.1, 0.15) is 59.3 Å². The maximum absolute atomic E-state index is 13.3. The van der Waals surface area contributed by atoms with E-state index in [0.717, 1.165) is 38.0 Å². The zero-order valence-corrected chi connectivity index (χ0v) is 22.5. The van der Waals surface area contributed by atoms with Gasteiger partial charge in [-0.05, 0) is 84.9 Å². The van der Waals surface area contributed by atoms with Crippen LogP contribution in [-0.4, -0.2) is 29.8 Å². The van der Waals surface area contributed by atoms with E-state index in [1.807, 2.05) is 50.2 Å². The summed E-state index contributed by atoms with van der Waals surface area (Å²) in [6.45, 7) is 7.41. The number of nitrogens with zero attached hydrogens (tertiary/aromatic N) is 2. The number of halogens is 1. The number of carbonyl (C=O) groups is 2. The van der Waals surface area contributed by atoms with E-state index in [0.29, 0.717) is 29.2 Å². The number of carbonyl (C=O) groups excluding carboxylic acids is 2. The summed E-state index contributed by atoms with van der Waals surface area (Å²) in [5, 5.41) is 14.9. The first-order chi connectivity index (χ1) is 18.7. The number of rotatable bonds is 9. The molecule has 0 atom stereocenters. The van der Waals surface area contributed by atoms with Gasteiger partial charge < -0.3 is 10.6 Å². The van der Waals surface area contributed by atoms with Crippen molar-refractivity contribution in [1.82, 2.24) is 15.5 Å². The van der Waals surface area contributed by atoms with E-state index in [1.54, 1.807) is 24.3 Å². The molecule has 1 aliphatic rings. The number of amides is 2. The summed E-state index contributed by atoms with van der Waals surface area (Å²) in [6, 6.07) is 23.2. The Balaban J connectivity index is 1.22. The Bertz CT molecular complexity index is 1320. The van der Waals surface area contributed by atoms with Crippen molar-refractivity contribution in [2.24, 2.45) is 11.3 Å². The van der Waals surface area contributed by atoms with E-state index < -0.39 is 5.41 Å². The average molecular weight is 527 g/mol. The molecular formula is C32H35FN4O2. The van der Waals surface area contributed by atoms with Gasteiger partial charge in [-0.2, -0.15) is 5.26 Å². The van der Waals surface area contributed by atoms with Crippen LogP contribution >= 0.6 is 0 Å². The molecule has 0 aliphatic carbocycles. The summed E-state index contributed by atoms with van der Waals surface area (Å²) in [5.41, 5.74) is 3.50. The molecule has 0 spiro atoms. The standard InChI is InChI=1S/C32H35FN4O2/c1-32(2,28-14-16-37(17-15-28)22-25-8-6-23(19-34)7-9-25)31(39)36-20-24-10-12-27(13-11-24)30(38)35-21-26-4-3-5-29(33)18-26/h3-13,18,28H,14-17,20-22H2,1-2H3,(H,35,38)(H,36,39). The number of nitrogens with one attached hydrogen (secondary N) is 2. The second-order valence-electron chi connectivity index (χ2n) is 10.8. The van der Waals surface area contributed by atoms with Gasteiger partial charge in [0.1, 0.15) is 5.82 Å². The van der Waals surface area contributed by atoms with Crippen LogP contribution in [0.5, 0.6) is 0 Å². The summed E-state index contributed by atoms with van der Waals surface area (Å²) in [6.07, 6.45) is 1.91. The van der Waals surface area contributed by atoms with Crippen molar-refractivity contribution in [2.45, 2.75) is 46.3 Å². The van der Waals surface area contributed by atoms with Gasteiger partial charge in [0.05, 0.1) is 11.6 Å². The SMILES string of the molecule is CC(C)(C(=O)NCc1ccc(C(=O)NCc2cccc(F)c2)cc1)C1CCN(Cc2ccc(C#N)cc2)CC1. The molecule has 0 radical (unpaired) electrons. The molecule has 0 unspecified atom stereocenters. The number of benzene rings is 3. The maximum Gasteiger partial charge on any atom is 0.251 e. The number of nitriles is 1. The predicted molar refractivity (Wildman–Crippen MR) is 149 cm³/mol. The molecule has 1 fully saturated rings. The largest absolute Gasteiger partial charge is 0.352 e. The van der Waals surface area contributed by atoms with Crippen LogP contribution in [0.4, 0.5) is 4.39 Å². The predicted octanol–water partition coefficient (Wildman–Crippen LogP) is 5.18. The molecule has 0 saturated carbocycles. The highest BCUT2D eigenvalue weighted by Crippen LogP contribution is 2.35. The molecule has 3 aromatic carbocycles. The first-order valence-electron chi connectivity index (χ1n) is 13.4. The third-order valence-electron chi connectivity index (χ3n) is 7.69. The molecule has 4 rings (SSSR count). The first kappa shape index (κ1) is 28.0. The minimum atomic E-state index is -0.489. The van der Waals surface area contributed by atoms with Crippen LogP contribution in [0, 0.1) is 28.5 Å². The zero-order valence-electron chi connectivity index (χ0n) is 22.5. The third kappa shape index (κ3) is 7.52. The molecule has 39 heavy (non-hydrogen) atoms. The highest BCUT2D eigenvalue weighted by Gasteiger charge is 2.38. The van der Waals surface area contributed by atoms with E-state index in [1.165, 1.54) is 17.7 Å². The molecule has 202 valence electrons. The lowest BCUT2D eigenvalue weighted by atomic mass is 9.73. The molecule has 1 heterocycles. The lowest BCUT2D eigenvalue weighted by Gasteiger charge is -2.39. The highest BCUT2D eigenvalue weighted by atomic mass is 19.1. The fourth-order valence-corrected chi connectivity index (χ4v) is 5.06. The van der Waals surface area contributed by atoms with Gasteiger partial charge in [0.25, 0.3) is 5.91 Å². The Morgan fingerprint density at radius 1 is 0.923 bits per heavy atom. The topological polar surface area (TPSA) is 85.2 Å². The monoisotopic (exact) mass is 526 g/mol. The minimum absolute atomic E-state index is 0.0324. The summed E-state index contributed by atoms with van der Waals surface area (Å²) >= 11 is 0. The second kappa shape index (κ2) is 12.7. The maximum atomic E-state index is 13.3. The smallest absolute Gasteiger partial charge is 0.251 e. The van der Waals surface area contributed by atoms with Gasteiger partial charge in [0.2, 0.25) is 5.91 Å². The normalized spacial score (nSPS) is 14.4. The molecule has 6 nitrogen and oxygen atoms in total. The highest BCUT2D eigenvalue weighted by molar-refractivity contribution is 5.94. The Morgan fingerprint density at radius 2 is 1.56 bits per heavy atom. The van der Waals surface area contributed by atoms with Gasteiger partial charge in [-0.25, -0.2) is 4.39 Å². The first-order valence-corrected chi connectivity index (χ1v) is 13.4. The Morgan fingerprint density at radius 3 is 2.21 bits per heavy atom. The van der Waals surface area contributed by atoms with Gasteiger partial charge in [-0.3, -0.25) is 14.5 Å². The van der Waals surface area contributed by atoms with Crippen molar-refractivity contribution in [1.29, 1.82) is 5.26 Å². The van der Waals surface area contributed by atoms with Crippen LogP contribution in [0.3, 0.4) is 0 Å². The van der Waals surface area contributed by atoms with Gasteiger partial charge in [-0.1, -0.05) is 50.2 Å². The Labute approximate surface area is 229 Å². The molecule has 1 aliphatic heterocycles. The third-order valence-corrected chi connectivity index (χ3v) is 7.69. The number of piperidine rings is 1. The lowest BCUT2D eigenvalue weighted by molar-refractivity contribution is -0.133. The van der Waals surface area contributed by atoms with E-state index in [-0.39, 0.29) is 24.2 Å². The molecule has 0 bridgehead atoms. The molecule has 0 aromatic heterocycles. The van der Waals surface area contributed by atoms with Gasteiger partial charge in [0.15, 0.2) is 0 Å². The molecule has 1 saturated heterocycles. The summed E-state index contributed by atoms with van der Waals surface area (Å²) < 4.78 is 13.3. The number of hydrogen-bond acceptors (Lipinski definition) is 4. The summed E-state index contributed by atoms with van der Waals surface area (Å²) in [7, 11) is 0. The van der Waals surface area contributed by atoms with E-state index in [4.69, 9.17) is 5.26 Å². The van der Waals surface area contributed by atoms with Crippen molar-refractivity contribution in [3.63, 3.8) is 0 Å². The van der Waals surface area contributed by atoms with Crippen LogP contribution in [-0.2, 0) is 24.4 Å². The number of hydrogen-bond donors (Lipinski definition) is 2. The molecule has 2 amide bonds. The van der Waals surface area contributed by atoms with Crippen molar-refractivity contribution in [2.75, 3.05) is 13.1 Å². The van der Waals surface area contributed by atoms with Crippen LogP contribution in [0.2, 0.25) is 0 Å². The lowest BCUT2D eigenvalue weighted by Crippen LogP contribution is -2.46. The summed E-state index contributed by atoms with van der Waals surface area (Å²) in [5.74, 6) is -0.244. The van der Waals surface area contributed by atoms with E-state index in [2.05, 4.69) is 21.6 Å². The van der Waals surface area contributed by atoms with Crippen molar-refractivity contribution in [3.05, 3.63) is 106 Å². The quantitative estimate of drug-likeness (QED) is 0.402. The second-order valence-corrected chi connectivity index (χ2v) is 10.8. The van der Waals surface area contributed by atoms with Gasteiger partial charge >= 0.3 is 0 Å². The Hall–Kier alpha value is -4.02. The summed E-state index contributed by atoms with van der Waals surface area (Å²) in [4.78, 5) is 28.0. The van der Waals surface area contributed by atoms with Crippen molar-refractivity contribution >= 4 is 11.8 Å².